The van der Waals surface area contributed by atoms with Crippen molar-refractivity contribution in [2.75, 3.05) is 7.11 Å². The van der Waals surface area contributed by atoms with Gasteiger partial charge in [0.1, 0.15) is 11.8 Å². The first-order valence-corrected chi connectivity index (χ1v) is 9.18. The molecule has 2 heterocycles. The van der Waals surface area contributed by atoms with Gasteiger partial charge < -0.3 is 9.64 Å². The number of ketones is 1. The normalized spacial score (nSPS) is 27.0. The Morgan fingerprint density at radius 3 is 2.54 bits per heavy atom. The molecule has 0 amide bonds. The molecule has 0 N–H and O–H groups in total. The van der Waals surface area contributed by atoms with E-state index in [9.17, 15) is 20.6 Å². The van der Waals surface area contributed by atoms with Crippen LogP contribution in [0.15, 0.2) is 48.2 Å². The van der Waals surface area contributed by atoms with Crippen LogP contribution in [0.5, 0.6) is 5.75 Å². The SMILES string of the molecule is COc1ccccc1C1C(C(=O)C2CC2)N2C=C(C#N)C=CC2C1(C#N)C#N. The molecule has 1 aromatic rings. The molecule has 3 unspecified atom stereocenters. The zero-order chi connectivity index (χ0) is 19.9. The summed E-state index contributed by atoms with van der Waals surface area (Å²) in [5.41, 5.74) is -0.408. The Balaban J connectivity index is 1.96. The molecule has 0 aromatic heterocycles. The topological polar surface area (TPSA) is 101 Å². The molecule has 1 aliphatic carbocycles. The fourth-order valence-electron chi connectivity index (χ4n) is 4.45. The van der Waals surface area contributed by atoms with Crippen molar-refractivity contribution in [3.63, 3.8) is 0 Å². The molecule has 6 nitrogen and oxygen atoms in total. The van der Waals surface area contributed by atoms with E-state index in [1.165, 1.54) is 7.11 Å². The number of nitriles is 3. The van der Waals surface area contributed by atoms with Crippen molar-refractivity contribution in [1.82, 2.24) is 4.90 Å². The van der Waals surface area contributed by atoms with Crippen molar-refractivity contribution in [2.24, 2.45) is 11.3 Å². The Labute approximate surface area is 163 Å². The van der Waals surface area contributed by atoms with Gasteiger partial charge in [-0.05, 0) is 25.0 Å². The minimum atomic E-state index is -1.47. The van der Waals surface area contributed by atoms with Gasteiger partial charge in [0.2, 0.25) is 0 Å². The molecule has 1 saturated heterocycles. The average Bonchev–Trinajstić information content (AvgIpc) is 3.55. The summed E-state index contributed by atoms with van der Waals surface area (Å²) in [5, 5.41) is 29.6. The third kappa shape index (κ3) is 2.41. The number of para-hydroxylation sites is 1. The number of carbonyl (C=O) groups excluding carboxylic acids is 1. The number of methoxy groups -OCH3 is 1. The molecular formula is C22H18N4O2. The van der Waals surface area contributed by atoms with Crippen LogP contribution in [-0.2, 0) is 4.79 Å². The number of Topliss-reactive ketones (excluding diaryl/α,β-unsaturated/α-hetero) is 1. The maximum atomic E-state index is 13.3. The molecule has 6 heteroatoms. The Morgan fingerprint density at radius 2 is 1.93 bits per heavy atom. The largest absolute Gasteiger partial charge is 0.496 e. The van der Waals surface area contributed by atoms with Gasteiger partial charge in [-0.3, -0.25) is 4.79 Å². The molecule has 1 saturated carbocycles. The first kappa shape index (κ1) is 17.8. The van der Waals surface area contributed by atoms with Gasteiger partial charge in [0.25, 0.3) is 0 Å². The van der Waals surface area contributed by atoms with Gasteiger partial charge in [0.15, 0.2) is 11.2 Å². The summed E-state index contributed by atoms with van der Waals surface area (Å²) in [6.45, 7) is 0. The quantitative estimate of drug-likeness (QED) is 0.808. The van der Waals surface area contributed by atoms with Gasteiger partial charge in [-0.2, -0.15) is 15.8 Å². The molecule has 0 radical (unpaired) electrons. The highest BCUT2D eigenvalue weighted by Gasteiger charge is 2.63. The van der Waals surface area contributed by atoms with Crippen molar-refractivity contribution in [3.8, 4) is 24.0 Å². The predicted molar refractivity (Wildman–Crippen MR) is 99.4 cm³/mol. The van der Waals surface area contributed by atoms with Crippen LogP contribution in [0.3, 0.4) is 0 Å². The molecule has 0 spiro atoms. The molecule has 2 aliphatic heterocycles. The Hall–Kier alpha value is -3.56. The molecule has 28 heavy (non-hydrogen) atoms. The Morgan fingerprint density at radius 1 is 1.21 bits per heavy atom. The van der Waals surface area contributed by atoms with E-state index < -0.39 is 23.4 Å². The summed E-state index contributed by atoms with van der Waals surface area (Å²) < 4.78 is 5.51. The molecule has 0 bridgehead atoms. The summed E-state index contributed by atoms with van der Waals surface area (Å²) in [6, 6.07) is 12.5. The number of ether oxygens (including phenoxy) is 1. The summed E-state index contributed by atoms with van der Waals surface area (Å²) in [5.74, 6) is -0.169. The fraction of sp³-hybridized carbons (Fsp3) is 0.364. The van der Waals surface area contributed by atoms with E-state index in [1.807, 2.05) is 18.2 Å². The molecule has 2 fully saturated rings. The third-order valence-corrected chi connectivity index (χ3v) is 5.91. The molecular weight excluding hydrogens is 352 g/mol. The lowest BCUT2D eigenvalue weighted by atomic mass is 9.69. The second-order valence-electron chi connectivity index (χ2n) is 7.38. The van der Waals surface area contributed by atoms with E-state index in [1.54, 1.807) is 29.3 Å². The minimum Gasteiger partial charge on any atom is -0.496 e. The van der Waals surface area contributed by atoms with Crippen LogP contribution in [0.25, 0.3) is 0 Å². The summed E-state index contributed by atoms with van der Waals surface area (Å²) in [6.07, 6.45) is 6.59. The number of rotatable bonds is 4. The zero-order valence-electron chi connectivity index (χ0n) is 15.4. The van der Waals surface area contributed by atoms with Gasteiger partial charge in [-0.15, -0.1) is 0 Å². The van der Waals surface area contributed by atoms with Crippen LogP contribution in [0.4, 0.5) is 0 Å². The van der Waals surface area contributed by atoms with Gasteiger partial charge >= 0.3 is 0 Å². The lowest BCUT2D eigenvalue weighted by Gasteiger charge is -2.30. The lowest BCUT2D eigenvalue weighted by Crippen LogP contribution is -2.40. The van der Waals surface area contributed by atoms with Crippen LogP contribution < -0.4 is 4.74 Å². The highest BCUT2D eigenvalue weighted by atomic mass is 16.5. The number of hydrogen-bond acceptors (Lipinski definition) is 6. The molecule has 138 valence electrons. The van der Waals surface area contributed by atoms with Gasteiger partial charge in [0.05, 0.1) is 36.9 Å². The number of hydrogen-bond donors (Lipinski definition) is 0. The maximum absolute atomic E-state index is 13.3. The maximum Gasteiger partial charge on any atom is 0.176 e. The highest BCUT2D eigenvalue weighted by molar-refractivity contribution is 5.91. The number of allylic oxidation sites excluding steroid dienone is 2. The van der Waals surface area contributed by atoms with E-state index in [0.717, 1.165) is 12.8 Å². The molecule has 3 atom stereocenters. The van der Waals surface area contributed by atoms with E-state index in [2.05, 4.69) is 18.2 Å². The average molecular weight is 370 g/mol. The van der Waals surface area contributed by atoms with E-state index in [0.29, 0.717) is 16.9 Å². The second-order valence-corrected chi connectivity index (χ2v) is 7.38. The van der Waals surface area contributed by atoms with Crippen molar-refractivity contribution in [3.05, 3.63) is 53.8 Å². The van der Waals surface area contributed by atoms with Crippen LogP contribution in [0.1, 0.15) is 24.3 Å². The number of nitrogens with zero attached hydrogens (tertiary/aromatic N) is 4. The lowest BCUT2D eigenvalue weighted by molar-refractivity contribution is -0.124. The summed E-state index contributed by atoms with van der Waals surface area (Å²) in [4.78, 5) is 15.1. The number of carbonyl (C=O) groups is 1. The Kier molecular flexibility index (Phi) is 4.17. The van der Waals surface area contributed by atoms with Crippen LogP contribution in [0.2, 0.25) is 0 Å². The van der Waals surface area contributed by atoms with Gasteiger partial charge in [-0.25, -0.2) is 0 Å². The van der Waals surface area contributed by atoms with E-state index in [-0.39, 0.29) is 11.7 Å². The number of fused-ring (bicyclic) bond motifs is 1. The van der Waals surface area contributed by atoms with Crippen molar-refractivity contribution in [2.45, 2.75) is 30.8 Å². The number of benzene rings is 1. The van der Waals surface area contributed by atoms with Crippen LogP contribution in [-0.4, -0.2) is 29.9 Å². The molecule has 1 aromatic carbocycles. The van der Waals surface area contributed by atoms with Crippen LogP contribution in [0, 0.1) is 45.3 Å². The standard InChI is InChI=1S/C22H18N4O2/c1-28-17-5-3-2-4-16(17)19-20(21(27)15-7-8-15)26-11-14(10-23)6-9-18(26)22(19,12-24)13-25/h2-6,9,11,15,18-20H,7-8H2,1H3. The molecule has 4 rings (SSSR count). The second kappa shape index (κ2) is 6.55. The molecule has 3 aliphatic rings. The van der Waals surface area contributed by atoms with Crippen molar-refractivity contribution in [1.29, 1.82) is 15.8 Å². The van der Waals surface area contributed by atoms with E-state index in [4.69, 9.17) is 4.74 Å². The predicted octanol–water partition coefficient (Wildman–Crippen LogP) is 2.82. The highest BCUT2D eigenvalue weighted by Crippen LogP contribution is 2.55. The van der Waals surface area contributed by atoms with Gasteiger partial charge in [0, 0.05) is 23.6 Å². The van der Waals surface area contributed by atoms with Crippen molar-refractivity contribution < 1.29 is 9.53 Å². The van der Waals surface area contributed by atoms with Crippen molar-refractivity contribution >= 4 is 5.78 Å². The minimum absolute atomic E-state index is 0.0251. The summed E-state index contributed by atoms with van der Waals surface area (Å²) >= 11 is 0. The Bertz CT molecular complexity index is 1000. The van der Waals surface area contributed by atoms with Crippen LogP contribution >= 0.6 is 0 Å². The van der Waals surface area contributed by atoms with E-state index >= 15 is 0 Å². The first-order chi connectivity index (χ1) is 13.6. The first-order valence-electron chi connectivity index (χ1n) is 9.18. The monoisotopic (exact) mass is 370 g/mol. The smallest absolute Gasteiger partial charge is 0.176 e. The van der Waals surface area contributed by atoms with Gasteiger partial charge in [-0.1, -0.05) is 24.3 Å². The zero-order valence-corrected chi connectivity index (χ0v) is 15.4. The fourth-order valence-corrected chi connectivity index (χ4v) is 4.45. The third-order valence-electron chi connectivity index (χ3n) is 5.91. The summed E-state index contributed by atoms with van der Waals surface area (Å²) in [7, 11) is 1.53.